The zero-order chi connectivity index (χ0) is 14.9. The molecule has 112 valence electrons. The largest absolute Gasteiger partial charge is 0.494 e. The van der Waals surface area contributed by atoms with Crippen molar-refractivity contribution in [3.8, 4) is 5.75 Å². The van der Waals surface area contributed by atoms with Gasteiger partial charge in [0.2, 0.25) is 10.0 Å². The molecule has 0 spiro atoms. The molecule has 2 N–H and O–H groups in total. The van der Waals surface area contributed by atoms with Gasteiger partial charge in [0.1, 0.15) is 4.90 Å². The Morgan fingerprint density at radius 1 is 1.55 bits per heavy atom. The van der Waals surface area contributed by atoms with Crippen molar-refractivity contribution < 1.29 is 13.2 Å². The first kappa shape index (κ1) is 16.0. The molecule has 1 aromatic carbocycles. The van der Waals surface area contributed by atoms with Crippen molar-refractivity contribution in [2.45, 2.75) is 11.3 Å². The van der Waals surface area contributed by atoms with Crippen LogP contribution in [0.2, 0.25) is 5.02 Å². The lowest BCUT2D eigenvalue weighted by Gasteiger charge is -2.19. The number of nitrogens with two attached hydrogens (primary N) is 1. The normalized spacial score (nSPS) is 20.3. The molecular weight excluding hydrogens is 368 g/mol. The molecule has 1 aromatic rings. The summed E-state index contributed by atoms with van der Waals surface area (Å²) >= 11 is 9.23. The van der Waals surface area contributed by atoms with Crippen LogP contribution in [0.15, 0.2) is 21.5 Å². The number of ether oxygens (including phenoxy) is 1. The Bertz CT molecular complexity index is 609. The van der Waals surface area contributed by atoms with E-state index in [2.05, 4.69) is 15.9 Å². The van der Waals surface area contributed by atoms with Gasteiger partial charge in [-0.1, -0.05) is 11.6 Å². The monoisotopic (exact) mass is 382 g/mol. The molecule has 2 rings (SSSR count). The van der Waals surface area contributed by atoms with Crippen LogP contribution >= 0.6 is 27.5 Å². The van der Waals surface area contributed by atoms with Crippen LogP contribution in [0, 0.1) is 5.92 Å². The third-order valence-corrected chi connectivity index (χ3v) is 6.06. The lowest BCUT2D eigenvalue weighted by Crippen LogP contribution is -2.30. The molecule has 1 aliphatic heterocycles. The second-order valence-electron chi connectivity index (χ2n) is 4.67. The van der Waals surface area contributed by atoms with Gasteiger partial charge in [-0.3, -0.25) is 0 Å². The molecule has 1 fully saturated rings. The van der Waals surface area contributed by atoms with Crippen LogP contribution in [0.1, 0.15) is 6.42 Å². The van der Waals surface area contributed by atoms with Gasteiger partial charge in [0.25, 0.3) is 0 Å². The Labute approximate surface area is 132 Å². The van der Waals surface area contributed by atoms with Crippen molar-refractivity contribution in [1.82, 2.24) is 4.31 Å². The quantitative estimate of drug-likeness (QED) is 0.864. The molecule has 8 heteroatoms. The fourth-order valence-electron chi connectivity index (χ4n) is 2.27. The lowest BCUT2D eigenvalue weighted by atomic mass is 10.1. The maximum atomic E-state index is 12.7. The Morgan fingerprint density at radius 2 is 2.25 bits per heavy atom. The third-order valence-electron chi connectivity index (χ3n) is 3.38. The molecule has 1 atom stereocenters. The van der Waals surface area contributed by atoms with Gasteiger partial charge in [-0.25, -0.2) is 8.42 Å². The van der Waals surface area contributed by atoms with Gasteiger partial charge < -0.3 is 10.5 Å². The summed E-state index contributed by atoms with van der Waals surface area (Å²) in [6.07, 6.45) is 0.778. The number of hydrogen-bond donors (Lipinski definition) is 1. The van der Waals surface area contributed by atoms with E-state index in [1.165, 1.54) is 17.5 Å². The average molecular weight is 384 g/mol. The standard InChI is InChI=1S/C12H16BrClN2O3S/c1-19-12-10(13)4-9(14)5-11(12)20(17,18)16-3-2-8(6-15)7-16/h4-5,8H,2-3,6-7,15H2,1H3. The maximum absolute atomic E-state index is 12.7. The van der Waals surface area contributed by atoms with Crippen LogP contribution in [0.3, 0.4) is 0 Å². The van der Waals surface area contributed by atoms with Crippen molar-refractivity contribution in [2.75, 3.05) is 26.7 Å². The molecule has 1 unspecified atom stereocenters. The van der Waals surface area contributed by atoms with Crippen molar-refractivity contribution in [3.63, 3.8) is 0 Å². The Kier molecular flexibility index (Phi) is 4.96. The fraction of sp³-hybridized carbons (Fsp3) is 0.500. The highest BCUT2D eigenvalue weighted by atomic mass is 79.9. The highest BCUT2D eigenvalue weighted by Gasteiger charge is 2.34. The average Bonchev–Trinajstić information content (AvgIpc) is 2.87. The van der Waals surface area contributed by atoms with E-state index in [1.807, 2.05) is 0 Å². The van der Waals surface area contributed by atoms with E-state index in [-0.39, 0.29) is 16.6 Å². The summed E-state index contributed by atoms with van der Waals surface area (Å²) in [6.45, 7) is 1.39. The predicted octanol–water partition coefficient (Wildman–Crippen LogP) is 2.08. The zero-order valence-electron chi connectivity index (χ0n) is 11.0. The molecule has 0 bridgehead atoms. The summed E-state index contributed by atoms with van der Waals surface area (Å²) in [4.78, 5) is 0.0806. The number of halogens is 2. The van der Waals surface area contributed by atoms with Crippen molar-refractivity contribution in [3.05, 3.63) is 21.6 Å². The molecule has 20 heavy (non-hydrogen) atoms. The number of rotatable bonds is 4. The topological polar surface area (TPSA) is 72.6 Å². The number of hydrogen-bond acceptors (Lipinski definition) is 4. The molecule has 0 amide bonds. The summed E-state index contributed by atoms with van der Waals surface area (Å²) < 4.78 is 32.6. The van der Waals surface area contributed by atoms with E-state index in [9.17, 15) is 8.42 Å². The van der Waals surface area contributed by atoms with E-state index >= 15 is 0 Å². The summed E-state index contributed by atoms with van der Waals surface area (Å²) in [5, 5.41) is 0.339. The van der Waals surface area contributed by atoms with E-state index in [0.717, 1.165) is 6.42 Å². The molecule has 5 nitrogen and oxygen atoms in total. The SMILES string of the molecule is COc1c(Br)cc(Cl)cc1S(=O)(=O)N1CCC(CN)C1. The minimum atomic E-state index is -3.63. The van der Waals surface area contributed by atoms with Gasteiger partial charge >= 0.3 is 0 Å². The van der Waals surface area contributed by atoms with Crippen LogP contribution in [0.4, 0.5) is 0 Å². The van der Waals surface area contributed by atoms with Gasteiger partial charge in [0, 0.05) is 18.1 Å². The second kappa shape index (κ2) is 6.19. The van der Waals surface area contributed by atoms with Crippen LogP contribution in [0.5, 0.6) is 5.75 Å². The van der Waals surface area contributed by atoms with Gasteiger partial charge in [0.05, 0.1) is 11.6 Å². The van der Waals surface area contributed by atoms with E-state index in [0.29, 0.717) is 29.1 Å². The first-order chi connectivity index (χ1) is 9.40. The minimum Gasteiger partial charge on any atom is -0.494 e. The summed E-state index contributed by atoms with van der Waals surface area (Å²) in [5.41, 5.74) is 5.61. The minimum absolute atomic E-state index is 0.0806. The molecule has 0 radical (unpaired) electrons. The smallest absolute Gasteiger partial charge is 0.246 e. The zero-order valence-corrected chi connectivity index (χ0v) is 14.1. The summed E-state index contributed by atoms with van der Waals surface area (Å²) in [7, 11) is -2.20. The van der Waals surface area contributed by atoms with Gasteiger partial charge in [-0.15, -0.1) is 0 Å². The highest BCUT2D eigenvalue weighted by molar-refractivity contribution is 9.10. The van der Waals surface area contributed by atoms with Crippen LogP contribution in [-0.4, -0.2) is 39.5 Å². The van der Waals surface area contributed by atoms with Crippen molar-refractivity contribution >= 4 is 37.6 Å². The van der Waals surface area contributed by atoms with Gasteiger partial charge in [-0.2, -0.15) is 4.31 Å². The van der Waals surface area contributed by atoms with E-state index < -0.39 is 10.0 Å². The number of nitrogens with zero attached hydrogens (tertiary/aromatic N) is 1. The Morgan fingerprint density at radius 3 is 2.80 bits per heavy atom. The Hall–Kier alpha value is -0.340. The van der Waals surface area contributed by atoms with Gasteiger partial charge in [-0.05, 0) is 46.9 Å². The first-order valence-corrected chi connectivity index (χ1v) is 8.74. The number of methoxy groups -OCH3 is 1. The van der Waals surface area contributed by atoms with E-state index in [1.54, 1.807) is 6.07 Å². The third kappa shape index (κ3) is 2.96. The molecule has 1 heterocycles. The maximum Gasteiger partial charge on any atom is 0.246 e. The fourth-order valence-corrected chi connectivity index (χ4v) is 5.18. The summed E-state index contributed by atoms with van der Waals surface area (Å²) in [5.74, 6) is 0.476. The number of sulfonamides is 1. The van der Waals surface area contributed by atoms with Gasteiger partial charge in [0.15, 0.2) is 5.75 Å². The Balaban J connectivity index is 2.45. The second-order valence-corrected chi connectivity index (χ2v) is 7.87. The van der Waals surface area contributed by atoms with Crippen molar-refractivity contribution in [2.24, 2.45) is 11.7 Å². The molecule has 0 aromatic heterocycles. The van der Waals surface area contributed by atoms with Crippen LogP contribution in [0.25, 0.3) is 0 Å². The molecule has 1 aliphatic rings. The van der Waals surface area contributed by atoms with Crippen molar-refractivity contribution in [1.29, 1.82) is 0 Å². The van der Waals surface area contributed by atoms with Crippen LogP contribution in [-0.2, 0) is 10.0 Å². The molecular formula is C12H16BrClN2O3S. The molecule has 1 saturated heterocycles. The summed E-state index contributed by atoms with van der Waals surface area (Å²) in [6, 6.07) is 3.02. The highest BCUT2D eigenvalue weighted by Crippen LogP contribution is 2.37. The first-order valence-electron chi connectivity index (χ1n) is 6.13. The molecule has 0 aliphatic carbocycles. The number of benzene rings is 1. The lowest BCUT2D eigenvalue weighted by molar-refractivity contribution is 0.395. The molecule has 0 saturated carbocycles. The van der Waals surface area contributed by atoms with Crippen LogP contribution < -0.4 is 10.5 Å². The van der Waals surface area contributed by atoms with E-state index in [4.69, 9.17) is 22.1 Å². The predicted molar refractivity (Wildman–Crippen MR) is 81.6 cm³/mol.